The molecule has 0 heterocycles. The molecule has 0 aromatic heterocycles. The number of unbranched alkanes of at least 4 members (excludes halogenated alkanes) is 19. The zero-order chi connectivity index (χ0) is 40.7. The molecule has 1 unspecified atom stereocenters. The summed E-state index contributed by atoms with van der Waals surface area (Å²) in [5.74, 6) is -0.494. The van der Waals surface area contributed by atoms with Gasteiger partial charge in [-0.3, -0.25) is 9.59 Å². The lowest BCUT2D eigenvalue weighted by atomic mass is 10.1. The third-order valence-corrected chi connectivity index (χ3v) is 9.77. The van der Waals surface area contributed by atoms with Gasteiger partial charge in [-0.15, -0.1) is 0 Å². The summed E-state index contributed by atoms with van der Waals surface area (Å²) in [4.78, 5) is 25.2. The largest absolute Gasteiger partial charge is 0.462 e. The van der Waals surface area contributed by atoms with E-state index in [4.69, 9.17) is 14.2 Å². The van der Waals surface area contributed by atoms with Gasteiger partial charge >= 0.3 is 11.9 Å². The van der Waals surface area contributed by atoms with E-state index < -0.39 is 6.10 Å². The second-order valence-electron chi connectivity index (χ2n) is 15.3. The summed E-state index contributed by atoms with van der Waals surface area (Å²) in [5.41, 5.74) is 0. The molecule has 0 spiro atoms. The summed E-state index contributed by atoms with van der Waals surface area (Å²) in [7, 11) is 0. The van der Waals surface area contributed by atoms with Crippen molar-refractivity contribution in [3.05, 3.63) is 72.9 Å². The van der Waals surface area contributed by atoms with Gasteiger partial charge in [0, 0.05) is 19.4 Å². The average molecular weight is 781 g/mol. The number of carbonyl (C=O) groups is 2. The Labute approximate surface area is 347 Å². The van der Waals surface area contributed by atoms with Crippen LogP contribution in [0.4, 0.5) is 0 Å². The van der Waals surface area contributed by atoms with Crippen molar-refractivity contribution in [1.29, 1.82) is 0 Å². The molecular formula is C51H88O5. The predicted molar refractivity (Wildman–Crippen MR) is 242 cm³/mol. The van der Waals surface area contributed by atoms with Gasteiger partial charge in [0.25, 0.3) is 0 Å². The molecule has 0 N–H and O–H groups in total. The summed E-state index contributed by atoms with van der Waals surface area (Å²) in [6, 6.07) is 0. The highest BCUT2D eigenvalue weighted by atomic mass is 16.6. The first-order valence-electron chi connectivity index (χ1n) is 23.5. The molecule has 0 saturated heterocycles. The maximum Gasteiger partial charge on any atom is 0.306 e. The summed E-state index contributed by atoms with van der Waals surface area (Å²) in [6.07, 6.45) is 59.1. The minimum absolute atomic E-state index is 0.0462. The van der Waals surface area contributed by atoms with E-state index in [2.05, 4.69) is 87.6 Å². The van der Waals surface area contributed by atoms with Gasteiger partial charge in [-0.2, -0.15) is 0 Å². The number of hydrogen-bond donors (Lipinski definition) is 0. The van der Waals surface area contributed by atoms with E-state index >= 15 is 0 Å². The van der Waals surface area contributed by atoms with Crippen molar-refractivity contribution in [2.24, 2.45) is 0 Å². The highest BCUT2D eigenvalue weighted by Gasteiger charge is 2.17. The molecule has 0 aromatic rings. The minimum Gasteiger partial charge on any atom is -0.462 e. The van der Waals surface area contributed by atoms with Gasteiger partial charge in [0.05, 0.1) is 6.61 Å². The van der Waals surface area contributed by atoms with Gasteiger partial charge in [-0.05, 0) is 57.8 Å². The van der Waals surface area contributed by atoms with E-state index in [1.165, 1.54) is 109 Å². The lowest BCUT2D eigenvalue weighted by Crippen LogP contribution is -2.30. The highest BCUT2D eigenvalue weighted by Crippen LogP contribution is 2.14. The second-order valence-corrected chi connectivity index (χ2v) is 15.3. The Bertz CT molecular complexity index is 1020. The van der Waals surface area contributed by atoms with Gasteiger partial charge in [0.15, 0.2) is 6.10 Å². The van der Waals surface area contributed by atoms with E-state index in [1.54, 1.807) is 0 Å². The molecule has 5 heteroatoms. The zero-order valence-corrected chi connectivity index (χ0v) is 36.9. The van der Waals surface area contributed by atoms with Crippen molar-refractivity contribution in [3.8, 4) is 0 Å². The topological polar surface area (TPSA) is 61.8 Å². The Hall–Kier alpha value is -2.66. The Balaban J connectivity index is 4.32. The molecule has 0 bridgehead atoms. The van der Waals surface area contributed by atoms with Crippen molar-refractivity contribution in [1.82, 2.24) is 0 Å². The SMILES string of the molecule is CC/C=C\C/C=C\C/C=C\C/C=C\C/C=C\C/C=C\CCC(=O)OCC(COCCCCCCCCCCCCCC)OC(=O)CCCCCCCCCCC. The number of carbonyl (C=O) groups excluding carboxylic acids is 2. The van der Waals surface area contributed by atoms with Crippen LogP contribution in [0.15, 0.2) is 72.9 Å². The first kappa shape index (κ1) is 53.3. The summed E-state index contributed by atoms with van der Waals surface area (Å²) in [5, 5.41) is 0. The third-order valence-electron chi connectivity index (χ3n) is 9.77. The second kappa shape index (κ2) is 46.7. The quantitative estimate of drug-likeness (QED) is 0.0351. The van der Waals surface area contributed by atoms with Crippen LogP contribution >= 0.6 is 0 Å². The van der Waals surface area contributed by atoms with Crippen LogP contribution in [0.25, 0.3) is 0 Å². The van der Waals surface area contributed by atoms with Gasteiger partial charge in [-0.25, -0.2) is 0 Å². The summed E-state index contributed by atoms with van der Waals surface area (Å²) < 4.78 is 17.2. The van der Waals surface area contributed by atoms with Crippen LogP contribution in [-0.2, 0) is 23.8 Å². The molecular weight excluding hydrogens is 693 g/mol. The van der Waals surface area contributed by atoms with Crippen LogP contribution in [0.1, 0.15) is 213 Å². The van der Waals surface area contributed by atoms with Crippen LogP contribution in [-0.4, -0.2) is 37.9 Å². The Morgan fingerprint density at radius 1 is 0.411 bits per heavy atom. The molecule has 0 rings (SSSR count). The normalized spacial score (nSPS) is 12.8. The summed E-state index contributed by atoms with van der Waals surface area (Å²) in [6.45, 7) is 7.62. The van der Waals surface area contributed by atoms with Gasteiger partial charge in [0.1, 0.15) is 6.61 Å². The third kappa shape index (κ3) is 44.1. The van der Waals surface area contributed by atoms with Gasteiger partial charge < -0.3 is 14.2 Å². The highest BCUT2D eigenvalue weighted by molar-refractivity contribution is 5.70. The predicted octanol–water partition coefficient (Wildman–Crippen LogP) is 15.6. The smallest absolute Gasteiger partial charge is 0.306 e. The molecule has 0 aliphatic heterocycles. The average Bonchev–Trinajstić information content (AvgIpc) is 3.20. The van der Waals surface area contributed by atoms with Crippen molar-refractivity contribution in [2.75, 3.05) is 19.8 Å². The Morgan fingerprint density at radius 3 is 1.25 bits per heavy atom. The molecule has 0 aliphatic carbocycles. The maximum absolute atomic E-state index is 12.7. The Morgan fingerprint density at radius 2 is 0.804 bits per heavy atom. The lowest BCUT2D eigenvalue weighted by molar-refractivity contribution is -0.162. The van der Waals surface area contributed by atoms with Gasteiger partial charge in [0.2, 0.25) is 0 Å². The lowest BCUT2D eigenvalue weighted by Gasteiger charge is -2.18. The van der Waals surface area contributed by atoms with Gasteiger partial charge in [-0.1, -0.05) is 216 Å². The van der Waals surface area contributed by atoms with Crippen LogP contribution in [0.5, 0.6) is 0 Å². The molecule has 0 aromatic carbocycles. The van der Waals surface area contributed by atoms with Crippen molar-refractivity contribution >= 4 is 11.9 Å². The maximum atomic E-state index is 12.7. The molecule has 0 aliphatic rings. The monoisotopic (exact) mass is 781 g/mol. The zero-order valence-electron chi connectivity index (χ0n) is 36.9. The fourth-order valence-electron chi connectivity index (χ4n) is 6.30. The molecule has 0 fully saturated rings. The standard InChI is InChI=1S/C51H88O5/c1-4-7-10-13-16-19-21-23-24-25-26-27-28-29-30-33-35-38-41-44-50(52)55-48-49(56-51(53)45-42-39-36-32-18-15-12-9-6-3)47-54-46-43-40-37-34-31-22-20-17-14-11-8-5-2/h7,10,16,19,23-24,26-27,29-30,35,38,49H,4-6,8-9,11-15,17-18,20-22,25,28,31-34,36-37,39-48H2,1-3H3/b10-7-,19-16-,24-23-,27-26-,30-29-,38-35-. The van der Waals surface area contributed by atoms with Crippen molar-refractivity contribution < 1.29 is 23.8 Å². The molecule has 0 radical (unpaired) electrons. The summed E-state index contributed by atoms with van der Waals surface area (Å²) >= 11 is 0. The molecule has 322 valence electrons. The van der Waals surface area contributed by atoms with Crippen LogP contribution < -0.4 is 0 Å². The number of esters is 2. The first-order valence-corrected chi connectivity index (χ1v) is 23.5. The van der Waals surface area contributed by atoms with Crippen LogP contribution in [0, 0.1) is 0 Å². The number of ether oxygens (including phenoxy) is 3. The van der Waals surface area contributed by atoms with E-state index in [1.807, 2.05) is 6.08 Å². The fourth-order valence-corrected chi connectivity index (χ4v) is 6.30. The molecule has 0 amide bonds. The number of rotatable bonds is 42. The molecule has 56 heavy (non-hydrogen) atoms. The van der Waals surface area contributed by atoms with E-state index in [-0.39, 0.29) is 25.2 Å². The van der Waals surface area contributed by atoms with Crippen molar-refractivity contribution in [3.63, 3.8) is 0 Å². The molecule has 5 nitrogen and oxygen atoms in total. The number of allylic oxidation sites excluding steroid dienone is 12. The van der Waals surface area contributed by atoms with Crippen molar-refractivity contribution in [2.45, 2.75) is 219 Å². The van der Waals surface area contributed by atoms with Crippen LogP contribution in [0.2, 0.25) is 0 Å². The van der Waals surface area contributed by atoms with E-state index in [0.717, 1.165) is 64.2 Å². The molecule has 0 saturated carbocycles. The van der Waals surface area contributed by atoms with E-state index in [0.29, 0.717) is 25.9 Å². The Kier molecular flexibility index (Phi) is 44.5. The van der Waals surface area contributed by atoms with Crippen LogP contribution in [0.3, 0.4) is 0 Å². The number of hydrogen-bond acceptors (Lipinski definition) is 5. The molecule has 1 atom stereocenters. The van der Waals surface area contributed by atoms with E-state index in [9.17, 15) is 9.59 Å². The fraction of sp³-hybridized carbons (Fsp3) is 0.725. The minimum atomic E-state index is -0.562. The first-order chi connectivity index (χ1) is 27.6.